The van der Waals surface area contributed by atoms with Crippen molar-refractivity contribution in [3.63, 3.8) is 0 Å². The van der Waals surface area contributed by atoms with Crippen molar-refractivity contribution in [3.8, 4) is 11.5 Å². The van der Waals surface area contributed by atoms with Gasteiger partial charge in [0.15, 0.2) is 12.2 Å². The summed E-state index contributed by atoms with van der Waals surface area (Å²) in [5, 5.41) is 0. The maximum absolute atomic E-state index is 12.6. The summed E-state index contributed by atoms with van der Waals surface area (Å²) in [5.74, 6) is 0.844. The fraction of sp³-hybridized carbons (Fsp3) is 0.182. The first kappa shape index (κ1) is 18.5. The molecule has 0 fully saturated rings. The predicted molar refractivity (Wildman–Crippen MR) is 102 cm³/mol. The number of aromatic nitrogens is 1. The molecule has 0 aliphatic carbocycles. The Bertz CT molecular complexity index is 811. The molecule has 0 aliphatic rings. The second-order valence-electron chi connectivity index (χ2n) is 5.94. The molecule has 3 rings (SSSR count). The second kappa shape index (κ2) is 8.85. The van der Waals surface area contributed by atoms with Gasteiger partial charge in [0.2, 0.25) is 0 Å². The summed E-state index contributed by atoms with van der Waals surface area (Å²) >= 11 is 0. The summed E-state index contributed by atoms with van der Waals surface area (Å²) in [6.45, 7) is 1.67. The molecule has 0 spiro atoms. The van der Waals surface area contributed by atoms with E-state index in [2.05, 4.69) is 4.98 Å². The Morgan fingerprint density at radius 1 is 0.852 bits per heavy atom. The molecule has 2 atom stereocenters. The quantitative estimate of drug-likeness (QED) is 0.589. The van der Waals surface area contributed by atoms with E-state index in [1.54, 1.807) is 50.7 Å². The number of benzene rings is 2. The van der Waals surface area contributed by atoms with Crippen LogP contribution in [0, 0.1) is 0 Å². The Morgan fingerprint density at radius 3 is 2.07 bits per heavy atom. The molecule has 0 aliphatic heterocycles. The molecule has 3 aromatic rings. The van der Waals surface area contributed by atoms with Crippen LogP contribution in [0.25, 0.3) is 0 Å². The maximum Gasteiger partial charge on any atom is 0.347 e. The van der Waals surface area contributed by atoms with Gasteiger partial charge in [-0.05, 0) is 48.9 Å². The van der Waals surface area contributed by atoms with Gasteiger partial charge in [-0.1, -0.05) is 30.3 Å². The zero-order valence-electron chi connectivity index (χ0n) is 15.2. The van der Waals surface area contributed by atoms with Gasteiger partial charge in [0.1, 0.15) is 11.5 Å². The number of nitrogens with zero attached hydrogens (tertiary/aromatic N) is 1. The van der Waals surface area contributed by atoms with Crippen molar-refractivity contribution >= 4 is 5.97 Å². The summed E-state index contributed by atoms with van der Waals surface area (Å²) in [6, 6.07) is 20.3. The molecule has 5 nitrogen and oxygen atoms in total. The third-order valence-corrected chi connectivity index (χ3v) is 4.05. The highest BCUT2D eigenvalue weighted by Crippen LogP contribution is 2.26. The van der Waals surface area contributed by atoms with Gasteiger partial charge in [0.05, 0.1) is 7.11 Å². The van der Waals surface area contributed by atoms with Crippen LogP contribution in [-0.2, 0) is 9.53 Å². The molecule has 2 aromatic carbocycles. The van der Waals surface area contributed by atoms with Crippen LogP contribution in [0.15, 0.2) is 79.1 Å². The zero-order valence-corrected chi connectivity index (χ0v) is 15.2. The molecular formula is C22H21NO4. The molecule has 0 N–H and O–H groups in total. The van der Waals surface area contributed by atoms with Crippen molar-refractivity contribution in [3.05, 3.63) is 90.3 Å². The lowest BCUT2D eigenvalue weighted by molar-refractivity contribution is -0.155. The Balaban J connectivity index is 1.73. The van der Waals surface area contributed by atoms with Crippen molar-refractivity contribution in [2.45, 2.75) is 19.1 Å². The fourth-order valence-electron chi connectivity index (χ4n) is 2.61. The van der Waals surface area contributed by atoms with E-state index >= 15 is 0 Å². The number of carbonyl (C=O) groups excluding carboxylic acids is 1. The van der Waals surface area contributed by atoms with Crippen molar-refractivity contribution in [2.24, 2.45) is 0 Å². The van der Waals surface area contributed by atoms with Gasteiger partial charge in [-0.2, -0.15) is 0 Å². The zero-order chi connectivity index (χ0) is 19.1. The molecule has 1 aromatic heterocycles. The summed E-state index contributed by atoms with van der Waals surface area (Å²) in [4.78, 5) is 16.7. The minimum Gasteiger partial charge on any atom is -0.497 e. The van der Waals surface area contributed by atoms with Crippen LogP contribution in [0.5, 0.6) is 11.5 Å². The Morgan fingerprint density at radius 2 is 1.44 bits per heavy atom. The molecule has 0 bridgehead atoms. The number of carbonyl (C=O) groups is 1. The fourth-order valence-corrected chi connectivity index (χ4v) is 2.61. The molecule has 0 saturated heterocycles. The number of hydrogen-bond donors (Lipinski definition) is 0. The van der Waals surface area contributed by atoms with Crippen molar-refractivity contribution in [1.82, 2.24) is 4.98 Å². The van der Waals surface area contributed by atoms with Gasteiger partial charge >= 0.3 is 5.97 Å². The smallest absolute Gasteiger partial charge is 0.347 e. The molecule has 0 radical (unpaired) electrons. The lowest BCUT2D eigenvalue weighted by atomic mass is 10.0. The highest BCUT2D eigenvalue weighted by atomic mass is 16.6. The van der Waals surface area contributed by atoms with Gasteiger partial charge in [0, 0.05) is 18.0 Å². The third-order valence-electron chi connectivity index (χ3n) is 4.05. The standard InChI is InChI=1S/C22H21NO4/c1-16(26-20-10-8-19(25-2)9-11-20)22(24)27-21(17-6-4-3-5-7-17)18-12-14-23-15-13-18/h3-16,21H,1-2H3. The van der Waals surface area contributed by atoms with E-state index in [9.17, 15) is 4.79 Å². The summed E-state index contributed by atoms with van der Waals surface area (Å²) in [7, 11) is 1.60. The van der Waals surface area contributed by atoms with Gasteiger partial charge in [-0.25, -0.2) is 4.79 Å². The molecular weight excluding hydrogens is 342 g/mol. The largest absolute Gasteiger partial charge is 0.497 e. The van der Waals surface area contributed by atoms with E-state index in [0.717, 1.165) is 16.9 Å². The first-order chi connectivity index (χ1) is 13.2. The van der Waals surface area contributed by atoms with Crippen LogP contribution in [0.1, 0.15) is 24.2 Å². The Hall–Kier alpha value is -3.34. The molecule has 0 amide bonds. The third kappa shape index (κ3) is 4.85. The first-order valence-corrected chi connectivity index (χ1v) is 8.63. The van der Waals surface area contributed by atoms with E-state index in [1.165, 1.54) is 0 Å². The van der Waals surface area contributed by atoms with Crippen molar-refractivity contribution < 1.29 is 19.0 Å². The SMILES string of the molecule is COc1ccc(OC(C)C(=O)OC(c2ccccc2)c2ccncc2)cc1. The summed E-state index contributed by atoms with van der Waals surface area (Å²) in [5.41, 5.74) is 1.73. The van der Waals surface area contributed by atoms with E-state index in [4.69, 9.17) is 14.2 Å². The van der Waals surface area contributed by atoms with Crippen LogP contribution in [0.2, 0.25) is 0 Å². The lowest BCUT2D eigenvalue weighted by Crippen LogP contribution is -2.28. The highest BCUT2D eigenvalue weighted by molar-refractivity contribution is 5.75. The van der Waals surface area contributed by atoms with Gasteiger partial charge in [-0.3, -0.25) is 4.98 Å². The van der Waals surface area contributed by atoms with Crippen molar-refractivity contribution in [1.29, 1.82) is 0 Å². The molecule has 138 valence electrons. The average molecular weight is 363 g/mol. The molecule has 5 heteroatoms. The van der Waals surface area contributed by atoms with E-state index < -0.39 is 18.2 Å². The van der Waals surface area contributed by atoms with E-state index in [0.29, 0.717) is 5.75 Å². The van der Waals surface area contributed by atoms with Crippen molar-refractivity contribution in [2.75, 3.05) is 7.11 Å². The van der Waals surface area contributed by atoms with E-state index in [-0.39, 0.29) is 0 Å². The van der Waals surface area contributed by atoms with Crippen LogP contribution < -0.4 is 9.47 Å². The van der Waals surface area contributed by atoms with E-state index in [1.807, 2.05) is 42.5 Å². The van der Waals surface area contributed by atoms with Gasteiger partial charge < -0.3 is 14.2 Å². The molecule has 27 heavy (non-hydrogen) atoms. The van der Waals surface area contributed by atoms with Crippen LogP contribution >= 0.6 is 0 Å². The van der Waals surface area contributed by atoms with Crippen LogP contribution in [0.4, 0.5) is 0 Å². The predicted octanol–water partition coefficient (Wildman–Crippen LogP) is 4.19. The molecule has 2 unspecified atom stereocenters. The summed E-state index contributed by atoms with van der Waals surface area (Å²) in [6.07, 6.45) is 2.07. The topological polar surface area (TPSA) is 57.7 Å². The number of ether oxygens (including phenoxy) is 3. The first-order valence-electron chi connectivity index (χ1n) is 8.63. The summed E-state index contributed by atoms with van der Waals surface area (Å²) < 4.78 is 16.6. The monoisotopic (exact) mass is 363 g/mol. The number of methoxy groups -OCH3 is 1. The molecule has 1 heterocycles. The minimum absolute atomic E-state index is 0.448. The number of hydrogen-bond acceptors (Lipinski definition) is 5. The minimum atomic E-state index is -0.758. The highest BCUT2D eigenvalue weighted by Gasteiger charge is 2.24. The Labute approximate surface area is 158 Å². The number of pyridine rings is 1. The van der Waals surface area contributed by atoms with Gasteiger partial charge in [0.25, 0.3) is 0 Å². The van der Waals surface area contributed by atoms with Crippen LogP contribution in [0.3, 0.4) is 0 Å². The van der Waals surface area contributed by atoms with Gasteiger partial charge in [-0.15, -0.1) is 0 Å². The lowest BCUT2D eigenvalue weighted by Gasteiger charge is -2.21. The van der Waals surface area contributed by atoms with Crippen LogP contribution in [-0.4, -0.2) is 24.2 Å². The number of esters is 1. The molecule has 0 saturated carbocycles. The average Bonchev–Trinajstić information content (AvgIpc) is 2.73. The Kier molecular flexibility index (Phi) is 6.05. The normalized spacial score (nSPS) is 12.7. The maximum atomic E-state index is 12.6. The second-order valence-corrected chi connectivity index (χ2v) is 5.94. The number of rotatable bonds is 7.